The van der Waals surface area contributed by atoms with Crippen molar-refractivity contribution in [3.63, 3.8) is 0 Å². The van der Waals surface area contributed by atoms with Crippen molar-refractivity contribution >= 4 is 28.5 Å². The van der Waals surface area contributed by atoms with Crippen molar-refractivity contribution in [2.24, 2.45) is 0 Å². The maximum atomic E-state index is 13.0. The second-order valence-corrected chi connectivity index (χ2v) is 6.52. The molecule has 0 aliphatic rings. The fraction of sp³-hybridized carbons (Fsp3) is 0.0870. The van der Waals surface area contributed by atoms with Gasteiger partial charge in [0.05, 0.1) is 33.9 Å². The molecule has 2 aromatic carbocycles. The zero-order chi connectivity index (χ0) is 19.7. The average Bonchev–Trinajstić information content (AvgIpc) is 3.21. The highest BCUT2D eigenvalue weighted by molar-refractivity contribution is 6.12. The van der Waals surface area contributed by atoms with Gasteiger partial charge >= 0.3 is 0 Å². The topological polar surface area (TPSA) is 63.1 Å². The highest BCUT2D eigenvalue weighted by Crippen LogP contribution is 2.26. The number of allylic oxidation sites excluding steroid dienone is 2. The number of hydrogen-bond donors (Lipinski definition) is 0. The van der Waals surface area contributed by atoms with Crippen molar-refractivity contribution < 1.29 is 4.79 Å². The van der Waals surface area contributed by atoms with Gasteiger partial charge in [0, 0.05) is 6.54 Å². The zero-order valence-corrected chi connectivity index (χ0v) is 15.5. The van der Waals surface area contributed by atoms with E-state index in [0.29, 0.717) is 23.4 Å². The van der Waals surface area contributed by atoms with Gasteiger partial charge < -0.3 is 4.57 Å². The molecule has 0 aliphatic carbocycles. The Morgan fingerprint density at radius 2 is 1.89 bits per heavy atom. The Balaban J connectivity index is 1.82. The lowest BCUT2D eigenvalue weighted by molar-refractivity contribution is 0.104. The van der Waals surface area contributed by atoms with E-state index < -0.39 is 0 Å². The number of benzene rings is 2. The Bertz CT molecular complexity index is 1280. The molecule has 4 rings (SSSR count). The van der Waals surface area contributed by atoms with Crippen molar-refractivity contribution in [2.45, 2.75) is 13.5 Å². The molecule has 0 saturated carbocycles. The summed E-state index contributed by atoms with van der Waals surface area (Å²) in [4.78, 5) is 13.0. The number of para-hydroxylation sites is 2. The van der Waals surface area contributed by atoms with Gasteiger partial charge in [0.25, 0.3) is 0 Å². The number of carbonyl (C=O) groups excluding carboxylic acids is 1. The number of hydrogen-bond acceptors (Lipinski definition) is 3. The first-order valence-corrected chi connectivity index (χ1v) is 8.94. The van der Waals surface area contributed by atoms with Gasteiger partial charge in [-0.15, -0.1) is 6.58 Å². The average molecular weight is 366 g/mol. The third-order valence-corrected chi connectivity index (χ3v) is 4.72. The highest BCUT2D eigenvalue weighted by Gasteiger charge is 2.21. The first-order valence-electron chi connectivity index (χ1n) is 8.94. The molecule has 0 unspecified atom stereocenters. The lowest BCUT2D eigenvalue weighted by Gasteiger charge is -2.03. The van der Waals surface area contributed by atoms with E-state index in [1.54, 1.807) is 24.3 Å². The maximum Gasteiger partial charge on any atom is 0.191 e. The summed E-state index contributed by atoms with van der Waals surface area (Å²) in [6.07, 6.45) is 5.13. The van der Waals surface area contributed by atoms with Crippen LogP contribution in [0.2, 0.25) is 0 Å². The number of aryl methyl sites for hydroxylation is 1. The van der Waals surface area contributed by atoms with E-state index >= 15 is 0 Å². The van der Waals surface area contributed by atoms with Gasteiger partial charge in [0.15, 0.2) is 5.78 Å². The number of fused-ring (bicyclic) bond motifs is 3. The summed E-state index contributed by atoms with van der Waals surface area (Å²) in [5.74, 6) is -0.107. The van der Waals surface area contributed by atoms with Gasteiger partial charge in [-0.25, -0.2) is 4.52 Å². The van der Waals surface area contributed by atoms with Crippen molar-refractivity contribution in [2.75, 3.05) is 0 Å². The fourth-order valence-electron chi connectivity index (χ4n) is 3.44. The molecule has 0 saturated heterocycles. The van der Waals surface area contributed by atoms with Crippen LogP contribution in [0.25, 0.3) is 22.8 Å². The minimum Gasteiger partial charge on any atom is -0.320 e. The Hall–Kier alpha value is -3.91. The Morgan fingerprint density at radius 1 is 1.18 bits per heavy atom. The molecule has 5 heteroatoms. The van der Waals surface area contributed by atoms with Crippen LogP contribution in [0.3, 0.4) is 0 Å². The standard InChI is InChI=1S/C23H18N4O/c1-3-14-26-19-6-4-5-7-20(19)27-23(26)22(16(2)25-27)21(28)13-12-17-8-10-18(15-24)11-9-17/h3-13H,1,14H2,2H3/b13-12+. The van der Waals surface area contributed by atoms with E-state index in [9.17, 15) is 4.79 Å². The molecule has 0 fully saturated rings. The monoisotopic (exact) mass is 366 g/mol. The van der Waals surface area contributed by atoms with Crippen LogP contribution in [0, 0.1) is 18.3 Å². The van der Waals surface area contributed by atoms with E-state index in [0.717, 1.165) is 22.2 Å². The van der Waals surface area contributed by atoms with Crippen LogP contribution in [0.4, 0.5) is 0 Å². The number of imidazole rings is 1. The van der Waals surface area contributed by atoms with Gasteiger partial charge in [-0.05, 0) is 42.8 Å². The second kappa shape index (κ2) is 7.01. The van der Waals surface area contributed by atoms with Gasteiger partial charge in [0.2, 0.25) is 0 Å². The zero-order valence-electron chi connectivity index (χ0n) is 15.5. The van der Waals surface area contributed by atoms with Crippen LogP contribution < -0.4 is 0 Å². The molecule has 2 heterocycles. The molecule has 4 aromatic rings. The summed E-state index contributed by atoms with van der Waals surface area (Å²) >= 11 is 0. The van der Waals surface area contributed by atoms with Crippen molar-refractivity contribution in [3.05, 3.63) is 89.6 Å². The van der Waals surface area contributed by atoms with Crippen LogP contribution in [0.15, 0.2) is 67.3 Å². The van der Waals surface area contributed by atoms with Crippen LogP contribution in [-0.4, -0.2) is 20.0 Å². The molecular weight excluding hydrogens is 348 g/mol. The predicted octanol–water partition coefficient (Wildman–Crippen LogP) is 4.55. The number of rotatable bonds is 5. The molecule has 0 bridgehead atoms. The van der Waals surface area contributed by atoms with E-state index in [4.69, 9.17) is 5.26 Å². The quantitative estimate of drug-likeness (QED) is 0.296. The van der Waals surface area contributed by atoms with Crippen molar-refractivity contribution in [3.8, 4) is 6.07 Å². The van der Waals surface area contributed by atoms with Crippen LogP contribution in [0.5, 0.6) is 0 Å². The molecule has 0 radical (unpaired) electrons. The summed E-state index contributed by atoms with van der Waals surface area (Å²) in [5.41, 5.74) is 5.46. The van der Waals surface area contributed by atoms with E-state index in [2.05, 4.69) is 22.3 Å². The molecular formula is C23H18N4O. The Kier molecular flexibility index (Phi) is 4.38. The number of nitriles is 1. The molecule has 0 amide bonds. The van der Waals surface area contributed by atoms with Crippen LogP contribution >= 0.6 is 0 Å². The minimum absolute atomic E-state index is 0.107. The smallest absolute Gasteiger partial charge is 0.191 e. The lowest BCUT2D eigenvalue weighted by Crippen LogP contribution is -2.02. The number of aromatic nitrogens is 3. The largest absolute Gasteiger partial charge is 0.320 e. The Labute approximate surface area is 162 Å². The summed E-state index contributed by atoms with van der Waals surface area (Å²) in [5, 5.41) is 13.5. The molecule has 2 aromatic heterocycles. The molecule has 0 spiro atoms. The molecule has 28 heavy (non-hydrogen) atoms. The predicted molar refractivity (Wildman–Crippen MR) is 110 cm³/mol. The summed E-state index contributed by atoms with van der Waals surface area (Å²) in [6, 6.07) is 17.1. The third kappa shape index (κ3) is 2.81. The third-order valence-electron chi connectivity index (χ3n) is 4.72. The van der Waals surface area contributed by atoms with Crippen molar-refractivity contribution in [1.29, 1.82) is 5.26 Å². The summed E-state index contributed by atoms with van der Waals surface area (Å²) in [7, 11) is 0. The molecule has 0 atom stereocenters. The molecule has 0 aliphatic heterocycles. The van der Waals surface area contributed by atoms with Crippen molar-refractivity contribution in [1.82, 2.24) is 14.2 Å². The van der Waals surface area contributed by atoms with Gasteiger partial charge in [-0.1, -0.05) is 36.4 Å². The first-order chi connectivity index (χ1) is 13.6. The number of nitrogens with zero attached hydrogens (tertiary/aromatic N) is 4. The maximum absolute atomic E-state index is 13.0. The lowest BCUT2D eigenvalue weighted by atomic mass is 10.1. The van der Waals surface area contributed by atoms with Gasteiger partial charge in [-0.2, -0.15) is 10.4 Å². The second-order valence-electron chi connectivity index (χ2n) is 6.52. The SMILES string of the molecule is C=CCn1c2ccccc2n2nc(C)c(C(=O)/C=C/c3ccc(C#N)cc3)c12. The van der Waals surface area contributed by atoms with Gasteiger partial charge in [-0.3, -0.25) is 4.79 Å². The highest BCUT2D eigenvalue weighted by atomic mass is 16.1. The van der Waals surface area contributed by atoms with Crippen LogP contribution in [0.1, 0.15) is 27.2 Å². The normalized spacial score (nSPS) is 11.3. The van der Waals surface area contributed by atoms with Gasteiger partial charge in [0.1, 0.15) is 5.65 Å². The summed E-state index contributed by atoms with van der Waals surface area (Å²) in [6.45, 7) is 6.28. The fourth-order valence-corrected chi connectivity index (χ4v) is 3.44. The van der Waals surface area contributed by atoms with E-state index in [1.807, 2.05) is 53.9 Å². The molecule has 5 nitrogen and oxygen atoms in total. The van der Waals surface area contributed by atoms with E-state index in [1.165, 1.54) is 0 Å². The number of ketones is 1. The van der Waals surface area contributed by atoms with E-state index in [-0.39, 0.29) is 5.78 Å². The minimum atomic E-state index is -0.107. The molecule has 0 N–H and O–H groups in total. The summed E-state index contributed by atoms with van der Waals surface area (Å²) < 4.78 is 3.89. The number of carbonyl (C=O) groups is 1. The molecule has 136 valence electrons. The Morgan fingerprint density at radius 3 is 2.57 bits per heavy atom. The van der Waals surface area contributed by atoms with Crippen LogP contribution in [-0.2, 0) is 6.54 Å². The first kappa shape index (κ1) is 17.5.